The molecule has 0 aliphatic rings. The first-order valence-corrected chi connectivity index (χ1v) is 6.39. The Morgan fingerprint density at radius 1 is 1.25 bits per heavy atom. The summed E-state index contributed by atoms with van der Waals surface area (Å²) in [5.41, 5.74) is 0. The number of hydrogen-bond donors (Lipinski definition) is 0. The van der Waals surface area contributed by atoms with Crippen LogP contribution in [0, 0.1) is 0 Å². The SMILES string of the molecule is COB(CCC[Si](C)(F)F)OC. The highest BCUT2D eigenvalue weighted by Crippen LogP contribution is 2.17. The lowest BCUT2D eigenvalue weighted by molar-refractivity contribution is 0.277. The lowest BCUT2D eigenvalue weighted by Crippen LogP contribution is -2.21. The van der Waals surface area contributed by atoms with E-state index < -0.39 is 8.74 Å². The predicted molar refractivity (Wildman–Crippen MR) is 47.8 cm³/mol. The fourth-order valence-corrected chi connectivity index (χ4v) is 1.74. The molecule has 0 aromatic rings. The third-order valence-corrected chi connectivity index (χ3v) is 2.81. The van der Waals surface area contributed by atoms with Crippen molar-refractivity contribution in [3.63, 3.8) is 0 Å². The van der Waals surface area contributed by atoms with Crippen LogP contribution in [0.15, 0.2) is 0 Å². The zero-order valence-corrected chi connectivity index (χ0v) is 8.77. The van der Waals surface area contributed by atoms with Gasteiger partial charge in [-0.2, -0.15) is 0 Å². The van der Waals surface area contributed by atoms with Crippen LogP contribution in [0.2, 0.25) is 18.9 Å². The zero-order valence-electron chi connectivity index (χ0n) is 7.77. The van der Waals surface area contributed by atoms with Crippen LogP contribution in [0.3, 0.4) is 0 Å². The first-order valence-electron chi connectivity index (χ1n) is 3.93. The Morgan fingerprint density at radius 2 is 1.75 bits per heavy atom. The maximum Gasteiger partial charge on any atom is 0.456 e. The van der Waals surface area contributed by atoms with E-state index in [-0.39, 0.29) is 13.2 Å². The molecule has 0 spiro atoms. The van der Waals surface area contributed by atoms with Crippen LogP contribution in [0.4, 0.5) is 8.22 Å². The molecule has 0 radical (unpaired) electrons. The van der Waals surface area contributed by atoms with E-state index in [1.165, 1.54) is 14.2 Å². The van der Waals surface area contributed by atoms with Crippen LogP contribution in [0.1, 0.15) is 6.42 Å². The maximum absolute atomic E-state index is 12.4. The first-order chi connectivity index (χ1) is 5.49. The van der Waals surface area contributed by atoms with Gasteiger partial charge in [0.1, 0.15) is 0 Å². The standard InChI is InChI=1S/C6H15BF2O2Si/c1-10-7(11-2)5-4-6-12(3,8)9/h4-6H2,1-3H3. The molecule has 0 aliphatic carbocycles. The normalized spacial score (nSPS) is 11.8. The first kappa shape index (κ1) is 12.1. The van der Waals surface area contributed by atoms with Gasteiger partial charge in [-0.15, -0.1) is 0 Å². The second-order valence-corrected chi connectivity index (χ2v) is 5.50. The van der Waals surface area contributed by atoms with E-state index >= 15 is 0 Å². The minimum atomic E-state index is -3.86. The monoisotopic (exact) mass is 196 g/mol. The third-order valence-electron chi connectivity index (χ3n) is 1.58. The number of hydrogen-bond acceptors (Lipinski definition) is 2. The van der Waals surface area contributed by atoms with Gasteiger partial charge in [-0.05, 0) is 18.9 Å². The van der Waals surface area contributed by atoms with Crippen molar-refractivity contribution in [3.8, 4) is 0 Å². The third kappa shape index (κ3) is 6.75. The molecule has 0 fully saturated rings. The highest BCUT2D eigenvalue weighted by atomic mass is 28.4. The Labute approximate surface area is 73.7 Å². The van der Waals surface area contributed by atoms with Gasteiger partial charge in [-0.25, -0.2) is 0 Å². The second kappa shape index (κ2) is 5.66. The zero-order chi connectivity index (χ0) is 9.61. The molecule has 0 rings (SSSR count). The summed E-state index contributed by atoms with van der Waals surface area (Å²) >= 11 is 0. The molecule has 0 atom stereocenters. The molecule has 12 heavy (non-hydrogen) atoms. The van der Waals surface area contributed by atoms with Gasteiger partial charge in [-0.1, -0.05) is 6.42 Å². The second-order valence-electron chi connectivity index (χ2n) is 2.86. The predicted octanol–water partition coefficient (Wildman–Crippen LogP) is 2.17. The molecule has 0 unspecified atom stereocenters. The Morgan fingerprint density at radius 3 is 2.08 bits per heavy atom. The van der Waals surface area contributed by atoms with E-state index in [9.17, 15) is 8.22 Å². The molecule has 2 nitrogen and oxygen atoms in total. The van der Waals surface area contributed by atoms with Gasteiger partial charge in [0.15, 0.2) is 0 Å². The molecular formula is C6H15BF2O2Si. The van der Waals surface area contributed by atoms with Crippen LogP contribution in [0.5, 0.6) is 0 Å². The summed E-state index contributed by atoms with van der Waals surface area (Å²) in [5, 5.41) is 0. The van der Waals surface area contributed by atoms with Crippen molar-refractivity contribution in [2.45, 2.75) is 25.3 Å². The quantitative estimate of drug-likeness (QED) is 0.478. The van der Waals surface area contributed by atoms with Crippen molar-refractivity contribution >= 4 is 15.9 Å². The van der Waals surface area contributed by atoms with Gasteiger partial charge in [0, 0.05) is 14.2 Å². The van der Waals surface area contributed by atoms with E-state index in [2.05, 4.69) is 0 Å². The molecule has 0 amide bonds. The van der Waals surface area contributed by atoms with Crippen LogP contribution in [-0.4, -0.2) is 30.1 Å². The lowest BCUT2D eigenvalue weighted by Gasteiger charge is -2.09. The van der Waals surface area contributed by atoms with Gasteiger partial charge < -0.3 is 9.31 Å². The molecule has 72 valence electrons. The summed E-state index contributed by atoms with van der Waals surface area (Å²) in [6.45, 7) is 1.06. The van der Waals surface area contributed by atoms with Crippen molar-refractivity contribution in [3.05, 3.63) is 0 Å². The van der Waals surface area contributed by atoms with Gasteiger partial charge in [0.25, 0.3) is 0 Å². The lowest BCUT2D eigenvalue weighted by atomic mass is 9.83. The largest absolute Gasteiger partial charge is 0.456 e. The molecule has 0 aliphatic heterocycles. The van der Waals surface area contributed by atoms with Crippen molar-refractivity contribution in [1.82, 2.24) is 0 Å². The van der Waals surface area contributed by atoms with E-state index in [1.807, 2.05) is 0 Å². The molecular weight excluding hydrogens is 181 g/mol. The Kier molecular flexibility index (Phi) is 5.69. The minimum absolute atomic E-state index is 0.0240. The molecule has 0 aromatic heterocycles. The maximum atomic E-state index is 12.4. The summed E-state index contributed by atoms with van der Waals surface area (Å²) in [5.74, 6) is 0. The molecule has 0 N–H and O–H groups in total. The van der Waals surface area contributed by atoms with Gasteiger partial charge >= 0.3 is 15.9 Å². The highest BCUT2D eigenvalue weighted by Gasteiger charge is 2.28. The van der Waals surface area contributed by atoms with Crippen LogP contribution < -0.4 is 0 Å². The summed E-state index contributed by atoms with van der Waals surface area (Å²) in [4.78, 5) is 0. The molecule has 0 saturated heterocycles. The van der Waals surface area contributed by atoms with Gasteiger partial charge in [-0.3, -0.25) is 8.22 Å². The molecule has 0 aromatic carbocycles. The summed E-state index contributed by atoms with van der Waals surface area (Å²) in [6.07, 6.45) is 1.02. The fraction of sp³-hybridized carbons (Fsp3) is 1.00. The number of rotatable bonds is 6. The smallest absolute Gasteiger partial charge is 0.414 e. The molecule has 0 saturated carbocycles. The average Bonchev–Trinajstić information content (AvgIpc) is 1.96. The van der Waals surface area contributed by atoms with Crippen molar-refractivity contribution < 1.29 is 17.5 Å². The van der Waals surface area contributed by atoms with Gasteiger partial charge in [0.2, 0.25) is 0 Å². The van der Waals surface area contributed by atoms with E-state index in [0.29, 0.717) is 12.7 Å². The Hall–Kier alpha value is 0.0618. The van der Waals surface area contributed by atoms with E-state index in [0.717, 1.165) is 6.55 Å². The highest BCUT2D eigenvalue weighted by molar-refractivity contribution is 6.64. The van der Waals surface area contributed by atoms with E-state index in [4.69, 9.17) is 9.31 Å². The van der Waals surface area contributed by atoms with E-state index in [1.54, 1.807) is 0 Å². The Bertz CT molecular complexity index is 117. The van der Waals surface area contributed by atoms with Crippen molar-refractivity contribution in [2.24, 2.45) is 0 Å². The Balaban J connectivity index is 3.41. The topological polar surface area (TPSA) is 18.5 Å². The van der Waals surface area contributed by atoms with Crippen LogP contribution >= 0.6 is 0 Å². The molecule has 0 heterocycles. The minimum Gasteiger partial charge on any atom is -0.414 e. The fourth-order valence-electron chi connectivity index (χ4n) is 0.911. The van der Waals surface area contributed by atoms with Crippen LogP contribution in [0.25, 0.3) is 0 Å². The number of halogens is 2. The average molecular weight is 196 g/mol. The van der Waals surface area contributed by atoms with Crippen LogP contribution in [-0.2, 0) is 9.31 Å². The molecule has 0 bridgehead atoms. The van der Waals surface area contributed by atoms with Crippen molar-refractivity contribution in [2.75, 3.05) is 14.2 Å². The summed E-state index contributed by atoms with van der Waals surface area (Å²) in [7, 11) is -1.17. The van der Waals surface area contributed by atoms with Gasteiger partial charge in [0.05, 0.1) is 0 Å². The van der Waals surface area contributed by atoms with Crippen molar-refractivity contribution in [1.29, 1.82) is 0 Å². The summed E-state index contributed by atoms with van der Waals surface area (Å²) in [6, 6.07) is 0.0240. The summed E-state index contributed by atoms with van der Waals surface area (Å²) < 4.78 is 34.6. The molecule has 6 heteroatoms.